The second-order valence-corrected chi connectivity index (χ2v) is 24.2. The summed E-state index contributed by atoms with van der Waals surface area (Å²) in [5, 5.41) is 33.0. The summed E-state index contributed by atoms with van der Waals surface area (Å²) >= 11 is 0. The third-order valence-electron chi connectivity index (χ3n) is 12.2. The lowest BCUT2D eigenvalue weighted by molar-refractivity contribution is -0.745. The highest BCUT2D eigenvalue weighted by molar-refractivity contribution is 7.66. The Balaban J connectivity index is 0.962. The molecule has 8 heterocycles. The van der Waals surface area contributed by atoms with Crippen molar-refractivity contribution in [1.82, 2.24) is 43.6 Å². The van der Waals surface area contributed by atoms with E-state index in [2.05, 4.69) is 33.5 Å². The number of ether oxygens (including phenoxy) is 5. The Morgan fingerprint density at radius 3 is 2.16 bits per heavy atom. The van der Waals surface area contributed by atoms with E-state index < -0.39 is 141 Å². The first kappa shape index (κ1) is 57.6. The Morgan fingerprint density at radius 2 is 1.50 bits per heavy atom. The number of hydrogen-bond acceptors (Lipinski definition) is 27. The number of H-pyrrole nitrogens is 2. The first-order chi connectivity index (χ1) is 35.6. The standard InChI is InChI=1S/C36H52N12O24P4/c1-15(2)64-8-6-16-17(68-32(23(16)50)48-14-45(3)22-30(48)43-35(38)44-31(22)53)9-66-74(57,58)71-76(61,62)72-75(59,60)67-11-19-27(26(63-4)34(70-19)47-13-41-21-28(37)39-12-40-29(21)47)73(55,56)65-10-18-24(51)25(52)33(69-18)46-7-5-20(49)42-36(46)54/h5,7,12-19,23-27,32-34,50-52H,6,8-11H2,1-4H3,(H9-,37,38,39,40,42,43,44,49,53,54,55,56,57,58,59,60,61,62)/t16-,17-,18-,19-,23-,24-,25-,26-,27-,32-,33-,34-/m1/s1. The van der Waals surface area contributed by atoms with Crippen LogP contribution in [0.3, 0.4) is 0 Å². The summed E-state index contributed by atoms with van der Waals surface area (Å²) in [7, 11) is -21.0. The molecule has 0 radical (unpaired) electrons. The van der Waals surface area contributed by atoms with Crippen LogP contribution in [0.25, 0.3) is 22.3 Å². The molecule has 3 aliphatic heterocycles. The van der Waals surface area contributed by atoms with Crippen molar-refractivity contribution in [3.63, 3.8) is 0 Å². The number of hydrogen-bond donors (Lipinski definition) is 10. The van der Waals surface area contributed by atoms with E-state index in [0.29, 0.717) is 0 Å². The number of aliphatic hydroxyl groups excluding tert-OH is 3. The predicted octanol–water partition coefficient (Wildman–Crippen LogP) is -3.37. The molecular weight excluding hydrogens is 1110 g/mol. The van der Waals surface area contributed by atoms with Gasteiger partial charge in [-0.1, -0.05) is 4.98 Å². The van der Waals surface area contributed by atoms with Gasteiger partial charge < -0.3 is 79.1 Å². The number of nitrogens with one attached hydrogen (secondary N) is 2. The minimum atomic E-state index is -6.21. The Bertz CT molecular complexity index is 3320. The highest BCUT2D eigenvalue weighted by Crippen LogP contribution is 2.68. The molecule has 0 bridgehead atoms. The molecule has 36 nitrogen and oxygen atoms in total. The van der Waals surface area contributed by atoms with Crippen molar-refractivity contribution >= 4 is 65.2 Å². The molecule has 40 heteroatoms. The summed E-state index contributed by atoms with van der Waals surface area (Å²) in [4.78, 5) is 103. The maximum absolute atomic E-state index is 14.2. The van der Waals surface area contributed by atoms with Gasteiger partial charge >= 0.3 is 34.8 Å². The Hall–Kier alpha value is -4.58. The molecule has 3 aliphatic rings. The average molecular weight is 1160 g/mol. The number of aromatic amines is 2. The Labute approximate surface area is 425 Å². The van der Waals surface area contributed by atoms with Crippen molar-refractivity contribution in [2.45, 2.75) is 93.4 Å². The normalized spacial score (nSPS) is 30.2. The van der Waals surface area contributed by atoms with Crippen molar-refractivity contribution in [3.8, 4) is 0 Å². The van der Waals surface area contributed by atoms with Crippen molar-refractivity contribution in [3.05, 3.63) is 62.4 Å². The molecule has 76 heavy (non-hydrogen) atoms. The van der Waals surface area contributed by atoms with Gasteiger partial charge in [0.15, 0.2) is 30.2 Å². The molecule has 0 amide bonds. The molecule has 8 rings (SSSR count). The maximum atomic E-state index is 14.2. The zero-order valence-corrected chi connectivity index (χ0v) is 43.6. The summed E-state index contributed by atoms with van der Waals surface area (Å²) in [6.45, 7) is 0.192. The van der Waals surface area contributed by atoms with Crippen LogP contribution in [0, 0.1) is 5.92 Å². The van der Waals surface area contributed by atoms with Crippen LogP contribution in [0.2, 0.25) is 0 Å². The number of aliphatic hydroxyl groups is 3. The lowest BCUT2D eigenvalue weighted by Gasteiger charge is -2.35. The number of nitrogens with two attached hydrogens (primary N) is 2. The number of phosphoric acid groups is 3. The first-order valence-corrected chi connectivity index (χ1v) is 28.5. The maximum Gasteiger partial charge on any atom is 0.490 e. The molecule has 4 unspecified atom stereocenters. The van der Waals surface area contributed by atoms with E-state index in [1.165, 1.54) is 22.5 Å². The fourth-order valence-corrected chi connectivity index (χ4v) is 14.1. The molecule has 5 aromatic heterocycles. The molecule has 12 N–H and O–H groups in total. The number of methoxy groups -OCH3 is 1. The highest BCUT2D eigenvalue weighted by Gasteiger charge is 2.55. The van der Waals surface area contributed by atoms with E-state index in [4.69, 9.17) is 48.7 Å². The smallest absolute Gasteiger partial charge is 0.490 e. The molecule has 0 saturated carbocycles. The number of rotatable bonds is 22. The predicted molar refractivity (Wildman–Crippen MR) is 248 cm³/mol. The average Bonchev–Trinajstić information content (AvgIpc) is 4.13. The minimum absolute atomic E-state index is 0.00966. The van der Waals surface area contributed by atoms with E-state index in [9.17, 15) is 67.5 Å². The van der Waals surface area contributed by atoms with Crippen LogP contribution in [-0.2, 0) is 71.2 Å². The molecule has 5 aromatic rings. The van der Waals surface area contributed by atoms with Crippen LogP contribution in [0.15, 0.2) is 45.6 Å². The van der Waals surface area contributed by atoms with E-state index >= 15 is 0 Å². The highest BCUT2D eigenvalue weighted by atomic mass is 31.3. The summed E-state index contributed by atoms with van der Waals surface area (Å²) < 4.78 is 111. The molecule has 0 aliphatic carbocycles. The number of nitrogens with zero attached hydrogens (tertiary/aromatic N) is 8. The summed E-state index contributed by atoms with van der Waals surface area (Å²) in [6, 6.07) is 0.919. The molecule has 3 fully saturated rings. The third-order valence-corrected chi connectivity index (χ3v) is 18.3. The van der Waals surface area contributed by atoms with E-state index in [1.54, 1.807) is 13.8 Å². The van der Waals surface area contributed by atoms with Crippen molar-refractivity contribution in [2.75, 3.05) is 45.0 Å². The second kappa shape index (κ2) is 22.3. The van der Waals surface area contributed by atoms with Crippen LogP contribution in [0.1, 0.15) is 39.0 Å². The zero-order chi connectivity index (χ0) is 55.4. The van der Waals surface area contributed by atoms with Gasteiger partial charge in [-0.15, -0.1) is 0 Å². The molecule has 3 saturated heterocycles. The van der Waals surface area contributed by atoms with Gasteiger partial charge in [-0.25, -0.2) is 38.0 Å². The van der Waals surface area contributed by atoms with Gasteiger partial charge in [0.25, 0.3) is 17.1 Å². The second-order valence-electron chi connectivity index (χ2n) is 17.6. The Kier molecular flexibility index (Phi) is 16.9. The van der Waals surface area contributed by atoms with Gasteiger partial charge in [-0.05, 0) is 20.3 Å². The Morgan fingerprint density at radius 1 is 0.842 bits per heavy atom. The monoisotopic (exact) mass is 1160 g/mol. The molecule has 0 spiro atoms. The number of nitrogen functional groups attached to an aromatic ring is 2. The largest absolute Gasteiger partial charge is 0.778 e. The van der Waals surface area contributed by atoms with Gasteiger partial charge in [-0.3, -0.25) is 42.3 Å². The van der Waals surface area contributed by atoms with Crippen molar-refractivity contribution in [1.29, 1.82) is 0 Å². The fourth-order valence-electron chi connectivity index (χ4n) is 8.86. The lowest BCUT2D eigenvalue weighted by Crippen LogP contribution is -2.45. The number of aryl methyl sites for hydroxylation is 1. The zero-order valence-electron chi connectivity index (χ0n) is 40.0. The van der Waals surface area contributed by atoms with Crippen molar-refractivity contribution < 1.29 is 104 Å². The van der Waals surface area contributed by atoms with E-state index in [-0.39, 0.29) is 53.2 Å². The first-order valence-electron chi connectivity index (χ1n) is 22.4. The van der Waals surface area contributed by atoms with Crippen LogP contribution < -0.4 is 37.7 Å². The number of anilines is 2. The van der Waals surface area contributed by atoms with Gasteiger partial charge in [0.2, 0.25) is 11.7 Å². The quantitative estimate of drug-likeness (QED) is 0.0239. The van der Waals surface area contributed by atoms with Crippen LogP contribution >= 0.6 is 31.1 Å². The van der Waals surface area contributed by atoms with Gasteiger partial charge in [0.1, 0.15) is 50.0 Å². The van der Waals surface area contributed by atoms with E-state index in [0.717, 1.165) is 41.2 Å². The SMILES string of the molecule is CO[C@@H]1[C@H](P(=O)([O-])OC[C@H]2O[C@@H](n3ccc(=O)[nH]c3=O)[C@H](O)[C@@H]2O)[C@@H](COP(=O)(O)OP(=O)(O)OP(=O)(O)OC[C@H]2O[C@@H]([n+]3cn(C)c4c(=O)[nH]c(N)nc43)[C@H](O)[C@@H]2CCOC(C)C)O[C@H]1n1cnc2c(N)ncnc21. The molecule has 0 aromatic carbocycles. The van der Waals surface area contributed by atoms with Crippen molar-refractivity contribution in [2.24, 2.45) is 13.0 Å². The molecular formula is C36H52N12O24P4. The number of imidazole rings is 2. The summed E-state index contributed by atoms with van der Waals surface area (Å²) in [5.41, 5.74) is 7.19. The minimum Gasteiger partial charge on any atom is -0.778 e. The number of aromatic nitrogens is 10. The summed E-state index contributed by atoms with van der Waals surface area (Å²) in [5.74, 6) is -1.32. The van der Waals surface area contributed by atoms with Gasteiger partial charge in [0, 0.05) is 31.9 Å². The van der Waals surface area contributed by atoms with Crippen LogP contribution in [0.4, 0.5) is 11.8 Å². The fraction of sp³-hybridized carbons (Fsp3) is 0.611. The number of fused-ring (bicyclic) bond motifs is 2. The topological polar surface area (TPSA) is 510 Å². The number of phosphoric ester groups is 2. The van der Waals surface area contributed by atoms with Gasteiger partial charge in [-0.2, -0.15) is 8.62 Å². The van der Waals surface area contributed by atoms with Gasteiger partial charge in [0.05, 0.1) is 57.2 Å². The molecule has 420 valence electrons. The van der Waals surface area contributed by atoms with E-state index in [1.807, 2.05) is 4.98 Å². The van der Waals surface area contributed by atoms with Crippen LogP contribution in [-0.4, -0.2) is 162 Å². The summed E-state index contributed by atoms with van der Waals surface area (Å²) in [6.07, 6.45) is -12.1. The molecule has 16 atom stereocenters. The lowest BCUT2D eigenvalue weighted by atomic mass is 9.95. The van der Waals surface area contributed by atoms with Crippen LogP contribution in [0.5, 0.6) is 0 Å². The third kappa shape index (κ3) is 12.2.